The Balaban J connectivity index is 2.88. The van der Waals surface area contributed by atoms with E-state index in [1.54, 1.807) is 0 Å². The Kier molecular flexibility index (Phi) is 1.21. The highest BCUT2D eigenvalue weighted by atomic mass is 35.5. The Morgan fingerprint density at radius 3 is 2.38 bits per heavy atom. The number of allylic oxidation sites excluding steroid dienone is 2. The Labute approximate surface area is 51.0 Å². The van der Waals surface area contributed by atoms with Gasteiger partial charge in [-0.05, 0) is 6.92 Å². The highest BCUT2D eigenvalue weighted by Gasteiger charge is 2.14. The third kappa shape index (κ3) is 0.690. The van der Waals surface area contributed by atoms with E-state index < -0.39 is 5.83 Å². The van der Waals surface area contributed by atoms with Crippen molar-refractivity contribution in [1.82, 2.24) is 5.43 Å². The minimum absolute atomic E-state index is 0.150. The van der Waals surface area contributed by atoms with Gasteiger partial charge in [0.05, 0.1) is 5.70 Å². The van der Waals surface area contributed by atoms with Crippen molar-refractivity contribution in [2.45, 2.75) is 6.92 Å². The van der Waals surface area contributed by atoms with Crippen LogP contribution in [0.1, 0.15) is 6.92 Å². The molecule has 2 nitrogen and oxygen atoms in total. The second kappa shape index (κ2) is 1.74. The summed E-state index contributed by atoms with van der Waals surface area (Å²) in [7, 11) is 0. The minimum Gasteiger partial charge on any atom is -0.201 e. The summed E-state index contributed by atoms with van der Waals surface area (Å²) in [6.45, 7) is 1.51. The quantitative estimate of drug-likeness (QED) is 0.477. The topological polar surface area (TPSA) is 26.5 Å². The molecule has 1 heterocycles. The zero-order valence-corrected chi connectivity index (χ0v) is 4.91. The van der Waals surface area contributed by atoms with E-state index in [1.807, 2.05) is 0 Å². The van der Waals surface area contributed by atoms with Gasteiger partial charge in [0.2, 0.25) is 0 Å². The normalized spacial score (nSPS) is 18.6. The van der Waals surface area contributed by atoms with E-state index in [-0.39, 0.29) is 10.9 Å². The molecule has 0 N–H and O–H groups in total. The van der Waals surface area contributed by atoms with Gasteiger partial charge in [-0.3, -0.25) is 0 Å². The van der Waals surface area contributed by atoms with Gasteiger partial charge in [-0.25, -0.2) is 4.39 Å². The summed E-state index contributed by atoms with van der Waals surface area (Å²) >= 11 is 5.18. The van der Waals surface area contributed by atoms with Crippen LogP contribution in [0.15, 0.2) is 16.6 Å². The Bertz CT molecular complexity index is 167. The average Bonchev–Trinajstić information content (AvgIpc) is 1.98. The molecule has 1 aliphatic heterocycles. The number of halogens is 2. The first kappa shape index (κ1) is 5.56. The molecule has 0 aromatic heterocycles. The number of hydrogen-bond acceptors (Lipinski definition) is 1. The summed E-state index contributed by atoms with van der Waals surface area (Å²) in [4.78, 5) is 0. The fourth-order valence-corrected chi connectivity index (χ4v) is 0.531. The van der Waals surface area contributed by atoms with Crippen molar-refractivity contribution >= 4 is 16.8 Å². The van der Waals surface area contributed by atoms with Crippen molar-refractivity contribution in [3.63, 3.8) is 0 Å². The van der Waals surface area contributed by atoms with E-state index in [9.17, 15) is 4.39 Å². The molecule has 0 aromatic rings. The van der Waals surface area contributed by atoms with Crippen LogP contribution in [0.5, 0.6) is 0 Å². The smallest absolute Gasteiger partial charge is 0.189 e. The summed E-state index contributed by atoms with van der Waals surface area (Å²) in [6, 6.07) is 0. The van der Waals surface area contributed by atoms with Crippen molar-refractivity contribution in [1.29, 1.82) is 0 Å². The van der Waals surface area contributed by atoms with Gasteiger partial charge >= 0.3 is 0 Å². The maximum absolute atomic E-state index is 12.2. The zero-order valence-electron chi connectivity index (χ0n) is 4.15. The average molecular weight is 134 g/mol. The van der Waals surface area contributed by atoms with E-state index in [4.69, 9.17) is 11.6 Å². The zero-order chi connectivity index (χ0) is 6.15. The molecule has 0 spiro atoms. The first-order valence-corrected chi connectivity index (χ1v) is 2.40. The summed E-state index contributed by atoms with van der Waals surface area (Å²) in [5.74, 6) is -0.522. The molecule has 0 amide bonds. The van der Waals surface area contributed by atoms with Gasteiger partial charge in [-0.15, -0.1) is 5.10 Å². The second-order valence-electron chi connectivity index (χ2n) is 1.39. The van der Waals surface area contributed by atoms with Gasteiger partial charge < -0.3 is 0 Å². The molecule has 0 unspecified atom stereocenters. The molecule has 0 saturated heterocycles. The largest absolute Gasteiger partial charge is 0.201 e. The predicted molar refractivity (Wildman–Crippen MR) is 29.2 cm³/mol. The first-order valence-electron chi connectivity index (χ1n) is 2.03. The van der Waals surface area contributed by atoms with Crippen molar-refractivity contribution in [2.24, 2.45) is 5.10 Å². The van der Waals surface area contributed by atoms with Crippen LogP contribution in [-0.4, -0.2) is 5.17 Å². The fraction of sp³-hybridized carbons (Fsp3) is 0.250. The lowest BCUT2D eigenvalue weighted by molar-refractivity contribution is 0.668. The molecule has 8 heavy (non-hydrogen) atoms. The van der Waals surface area contributed by atoms with E-state index in [2.05, 4.69) is 10.5 Å². The van der Waals surface area contributed by atoms with Gasteiger partial charge in [-0.1, -0.05) is 11.6 Å². The Morgan fingerprint density at radius 2 is 2.25 bits per heavy atom. The number of hydrogen-bond donors (Lipinski definition) is 0. The third-order valence-electron chi connectivity index (χ3n) is 0.787. The predicted octanol–water partition coefficient (Wildman–Crippen LogP) is 1.36. The highest BCUT2D eigenvalue weighted by molar-refractivity contribution is 6.69. The summed E-state index contributed by atoms with van der Waals surface area (Å²) in [5, 5.41) is 3.11. The standard InChI is InChI=1S/C4H3ClFN2/c1-2-3(6)4(5)8-7-2/h1H3. The molecule has 0 aromatic carbocycles. The molecule has 0 aliphatic carbocycles. The summed E-state index contributed by atoms with van der Waals surface area (Å²) in [5.41, 5.74) is 3.60. The number of rotatable bonds is 0. The maximum Gasteiger partial charge on any atom is 0.189 e. The molecule has 1 aliphatic rings. The highest BCUT2D eigenvalue weighted by Crippen LogP contribution is 2.14. The van der Waals surface area contributed by atoms with Gasteiger partial charge in [0.15, 0.2) is 11.0 Å². The van der Waals surface area contributed by atoms with Crippen molar-refractivity contribution in [2.75, 3.05) is 0 Å². The lowest BCUT2D eigenvalue weighted by Gasteiger charge is -1.81. The van der Waals surface area contributed by atoms with Gasteiger partial charge in [0, 0.05) is 0 Å². The van der Waals surface area contributed by atoms with Crippen LogP contribution < -0.4 is 5.43 Å². The van der Waals surface area contributed by atoms with Crippen molar-refractivity contribution < 1.29 is 4.39 Å². The second-order valence-corrected chi connectivity index (χ2v) is 1.75. The van der Waals surface area contributed by atoms with Crippen LogP contribution in [0.3, 0.4) is 0 Å². The van der Waals surface area contributed by atoms with Crippen LogP contribution in [0.25, 0.3) is 0 Å². The molecule has 0 atom stereocenters. The van der Waals surface area contributed by atoms with E-state index in [1.165, 1.54) is 6.92 Å². The van der Waals surface area contributed by atoms with E-state index >= 15 is 0 Å². The van der Waals surface area contributed by atoms with E-state index in [0.29, 0.717) is 0 Å². The number of nitrogens with zero attached hydrogens (tertiary/aromatic N) is 2. The van der Waals surface area contributed by atoms with Crippen LogP contribution in [0.4, 0.5) is 4.39 Å². The first-order chi connectivity index (χ1) is 3.72. The van der Waals surface area contributed by atoms with Crippen LogP contribution in [-0.2, 0) is 0 Å². The third-order valence-corrected chi connectivity index (χ3v) is 1.03. The summed E-state index contributed by atoms with van der Waals surface area (Å²) in [6.07, 6.45) is 0. The van der Waals surface area contributed by atoms with Gasteiger partial charge in [0.25, 0.3) is 0 Å². The van der Waals surface area contributed by atoms with Gasteiger partial charge in [-0.2, -0.15) is 5.43 Å². The molecular formula is C4H3ClFN2. The lowest BCUT2D eigenvalue weighted by Crippen LogP contribution is -1.84. The molecule has 43 valence electrons. The molecule has 0 bridgehead atoms. The van der Waals surface area contributed by atoms with Crippen LogP contribution in [0, 0.1) is 0 Å². The molecule has 0 saturated carbocycles. The molecule has 1 rings (SSSR count). The Morgan fingerprint density at radius 1 is 1.62 bits per heavy atom. The lowest BCUT2D eigenvalue weighted by atomic mass is 10.4. The molecule has 1 radical (unpaired) electrons. The fourth-order valence-electron chi connectivity index (χ4n) is 0.356. The van der Waals surface area contributed by atoms with Crippen LogP contribution >= 0.6 is 11.6 Å². The Hall–Kier alpha value is -0.570. The maximum atomic E-state index is 12.2. The van der Waals surface area contributed by atoms with E-state index in [0.717, 1.165) is 0 Å². The molecule has 0 fully saturated rings. The van der Waals surface area contributed by atoms with Crippen molar-refractivity contribution in [3.05, 3.63) is 11.5 Å². The molecule has 4 heteroatoms. The SMILES string of the molecule is CC1=C(F)C(Cl)=N[N]1. The van der Waals surface area contributed by atoms with Crippen LogP contribution in [0.2, 0.25) is 0 Å². The molecular weight excluding hydrogens is 131 g/mol. The monoisotopic (exact) mass is 133 g/mol. The van der Waals surface area contributed by atoms with Gasteiger partial charge in [0.1, 0.15) is 0 Å². The summed E-state index contributed by atoms with van der Waals surface area (Å²) < 4.78 is 12.2. The van der Waals surface area contributed by atoms with Crippen molar-refractivity contribution in [3.8, 4) is 0 Å². The minimum atomic E-state index is -0.522.